The first-order chi connectivity index (χ1) is 11.0. The van der Waals surface area contributed by atoms with Gasteiger partial charge in [-0.05, 0) is 31.2 Å². The number of phenolic OH excluding ortho intramolecular Hbond substituents is 1. The average Bonchev–Trinajstić information content (AvgIpc) is 2.51. The molecular formula is C18H17ClNO3+. The zero-order valence-electron chi connectivity index (χ0n) is 12.6. The highest BCUT2D eigenvalue weighted by molar-refractivity contribution is 6.30. The maximum atomic E-state index is 11.7. The van der Waals surface area contributed by atoms with Crippen LogP contribution in [0.2, 0.25) is 5.02 Å². The lowest BCUT2D eigenvalue weighted by Crippen LogP contribution is -2.83. The molecule has 0 amide bonds. The molecule has 0 aliphatic rings. The van der Waals surface area contributed by atoms with E-state index in [-0.39, 0.29) is 11.8 Å². The molecule has 0 aliphatic carbocycles. The van der Waals surface area contributed by atoms with Crippen LogP contribution in [-0.4, -0.2) is 5.11 Å². The highest BCUT2D eigenvalue weighted by atomic mass is 35.5. The molecule has 23 heavy (non-hydrogen) atoms. The summed E-state index contributed by atoms with van der Waals surface area (Å²) in [6.45, 7) is 2.71. The fourth-order valence-electron chi connectivity index (χ4n) is 2.62. The lowest BCUT2D eigenvalue weighted by molar-refractivity contribution is -0.707. The molecule has 0 bridgehead atoms. The molecule has 0 radical (unpaired) electrons. The number of benzene rings is 2. The smallest absolute Gasteiger partial charge is 0.336 e. The van der Waals surface area contributed by atoms with Gasteiger partial charge < -0.3 is 14.8 Å². The molecule has 3 rings (SSSR count). The van der Waals surface area contributed by atoms with Crippen LogP contribution in [0.15, 0.2) is 57.7 Å². The minimum Gasteiger partial charge on any atom is -0.508 e. The number of rotatable bonds is 4. The summed E-state index contributed by atoms with van der Waals surface area (Å²) < 4.78 is 5.14. The molecule has 5 heteroatoms. The molecule has 1 atom stereocenters. The number of nitrogens with two attached hydrogens (primary N) is 1. The van der Waals surface area contributed by atoms with Gasteiger partial charge in [0.1, 0.15) is 23.9 Å². The van der Waals surface area contributed by atoms with E-state index in [4.69, 9.17) is 16.0 Å². The second-order valence-electron chi connectivity index (χ2n) is 5.55. The highest BCUT2D eigenvalue weighted by Crippen LogP contribution is 2.21. The predicted molar refractivity (Wildman–Crippen MR) is 89.6 cm³/mol. The lowest BCUT2D eigenvalue weighted by Gasteiger charge is -2.12. The van der Waals surface area contributed by atoms with Gasteiger partial charge in [0.05, 0.1) is 0 Å². The summed E-state index contributed by atoms with van der Waals surface area (Å²) in [6.07, 6.45) is 0. The Balaban J connectivity index is 1.85. The van der Waals surface area contributed by atoms with E-state index in [2.05, 4.69) is 12.2 Å². The van der Waals surface area contributed by atoms with Crippen LogP contribution in [0.5, 0.6) is 5.75 Å². The summed E-state index contributed by atoms with van der Waals surface area (Å²) in [5.74, 6) is 0.0778. The third-order valence-corrected chi connectivity index (χ3v) is 4.11. The summed E-state index contributed by atoms with van der Waals surface area (Å²) in [7, 11) is 0. The van der Waals surface area contributed by atoms with E-state index in [9.17, 15) is 9.90 Å². The average molecular weight is 331 g/mol. The van der Waals surface area contributed by atoms with E-state index in [1.165, 1.54) is 12.1 Å². The third-order valence-electron chi connectivity index (χ3n) is 3.88. The van der Waals surface area contributed by atoms with Crippen molar-refractivity contribution in [3.05, 3.63) is 75.1 Å². The Bertz CT molecular complexity index is 904. The molecule has 1 aromatic heterocycles. The SMILES string of the molecule is C[C@H]([NH2+]Cc1cc(=O)oc2cc(O)ccc12)c1cccc(Cl)c1. The summed E-state index contributed by atoms with van der Waals surface area (Å²) in [5.41, 5.74) is 1.99. The van der Waals surface area contributed by atoms with Crippen molar-refractivity contribution in [3.63, 3.8) is 0 Å². The number of hydrogen-bond donors (Lipinski definition) is 2. The topological polar surface area (TPSA) is 67.0 Å². The predicted octanol–water partition coefficient (Wildman–Crippen LogP) is 2.98. The molecule has 2 aromatic carbocycles. The first kappa shape index (κ1) is 15.6. The van der Waals surface area contributed by atoms with Crippen molar-refractivity contribution in [1.29, 1.82) is 0 Å². The van der Waals surface area contributed by atoms with Crippen LogP contribution in [0, 0.1) is 0 Å². The molecule has 0 saturated carbocycles. The van der Waals surface area contributed by atoms with Crippen molar-refractivity contribution < 1.29 is 14.8 Å². The zero-order valence-corrected chi connectivity index (χ0v) is 13.4. The molecule has 0 aliphatic heterocycles. The van der Waals surface area contributed by atoms with Gasteiger partial charge in [0, 0.05) is 33.7 Å². The molecule has 118 valence electrons. The van der Waals surface area contributed by atoms with E-state index in [1.807, 2.05) is 24.3 Å². The fourth-order valence-corrected chi connectivity index (χ4v) is 2.82. The Hall–Kier alpha value is -2.30. The van der Waals surface area contributed by atoms with E-state index in [1.54, 1.807) is 12.1 Å². The normalized spacial score (nSPS) is 12.4. The van der Waals surface area contributed by atoms with Crippen LogP contribution in [0.4, 0.5) is 0 Å². The maximum absolute atomic E-state index is 11.7. The molecule has 0 unspecified atom stereocenters. The van der Waals surface area contributed by atoms with Gasteiger partial charge in [-0.3, -0.25) is 0 Å². The first-order valence-electron chi connectivity index (χ1n) is 7.37. The van der Waals surface area contributed by atoms with Crippen LogP contribution < -0.4 is 10.9 Å². The number of fused-ring (bicyclic) bond motifs is 1. The fraction of sp³-hybridized carbons (Fsp3) is 0.167. The minimum atomic E-state index is -0.415. The maximum Gasteiger partial charge on any atom is 0.336 e. The van der Waals surface area contributed by atoms with Gasteiger partial charge in [0.2, 0.25) is 0 Å². The lowest BCUT2D eigenvalue weighted by atomic mass is 10.1. The molecule has 0 spiro atoms. The van der Waals surface area contributed by atoms with Crippen molar-refractivity contribution in [2.45, 2.75) is 19.5 Å². The number of quaternary nitrogens is 1. The van der Waals surface area contributed by atoms with Gasteiger partial charge in [-0.15, -0.1) is 0 Å². The van der Waals surface area contributed by atoms with Crippen LogP contribution >= 0.6 is 11.6 Å². The summed E-state index contributed by atoms with van der Waals surface area (Å²) in [5, 5.41) is 13.2. The van der Waals surface area contributed by atoms with Gasteiger partial charge in [0.25, 0.3) is 0 Å². The largest absolute Gasteiger partial charge is 0.508 e. The van der Waals surface area contributed by atoms with Gasteiger partial charge in [-0.2, -0.15) is 0 Å². The molecular weight excluding hydrogens is 314 g/mol. The molecule has 4 nitrogen and oxygen atoms in total. The second-order valence-corrected chi connectivity index (χ2v) is 5.99. The van der Waals surface area contributed by atoms with Crippen molar-refractivity contribution in [2.24, 2.45) is 0 Å². The van der Waals surface area contributed by atoms with Crippen LogP contribution in [-0.2, 0) is 6.54 Å². The Morgan fingerprint density at radius 2 is 2.04 bits per heavy atom. The Morgan fingerprint density at radius 3 is 2.83 bits per heavy atom. The molecule has 0 fully saturated rings. The van der Waals surface area contributed by atoms with Crippen molar-refractivity contribution in [1.82, 2.24) is 0 Å². The molecule has 0 saturated heterocycles. The molecule has 3 N–H and O–H groups in total. The van der Waals surface area contributed by atoms with E-state index >= 15 is 0 Å². The Labute approximate surface area is 138 Å². The van der Waals surface area contributed by atoms with Crippen molar-refractivity contribution >= 4 is 22.6 Å². The minimum absolute atomic E-state index is 0.0778. The van der Waals surface area contributed by atoms with Gasteiger partial charge >= 0.3 is 5.63 Å². The van der Waals surface area contributed by atoms with E-state index in [0.717, 1.165) is 16.5 Å². The van der Waals surface area contributed by atoms with E-state index in [0.29, 0.717) is 17.2 Å². The highest BCUT2D eigenvalue weighted by Gasteiger charge is 2.12. The van der Waals surface area contributed by atoms with Crippen molar-refractivity contribution in [2.75, 3.05) is 0 Å². The quantitative estimate of drug-likeness (QED) is 0.723. The molecule has 1 heterocycles. The van der Waals surface area contributed by atoms with Crippen molar-refractivity contribution in [3.8, 4) is 5.75 Å². The monoisotopic (exact) mass is 330 g/mol. The summed E-state index contributed by atoms with van der Waals surface area (Å²) in [6, 6.07) is 14.3. The number of aromatic hydroxyl groups is 1. The second kappa shape index (κ2) is 6.44. The van der Waals surface area contributed by atoms with Gasteiger partial charge in [-0.25, -0.2) is 4.79 Å². The van der Waals surface area contributed by atoms with Gasteiger partial charge in [-0.1, -0.05) is 23.7 Å². The van der Waals surface area contributed by atoms with Gasteiger partial charge in [0.15, 0.2) is 0 Å². The Morgan fingerprint density at radius 1 is 1.22 bits per heavy atom. The number of phenols is 1. The van der Waals surface area contributed by atoms with Crippen LogP contribution in [0.3, 0.4) is 0 Å². The first-order valence-corrected chi connectivity index (χ1v) is 7.75. The summed E-state index contributed by atoms with van der Waals surface area (Å²) >= 11 is 6.03. The summed E-state index contributed by atoms with van der Waals surface area (Å²) in [4.78, 5) is 11.7. The Kier molecular flexibility index (Phi) is 4.37. The van der Waals surface area contributed by atoms with Crippen LogP contribution in [0.1, 0.15) is 24.1 Å². The standard InChI is InChI=1S/C18H16ClNO3/c1-11(12-3-2-4-14(19)7-12)20-10-13-8-18(22)23-17-9-15(21)5-6-16(13)17/h2-9,11,20-21H,10H2,1H3/p+1/t11-/m0/s1. The van der Waals surface area contributed by atoms with E-state index < -0.39 is 5.63 Å². The zero-order chi connectivity index (χ0) is 16.4. The number of halogens is 1. The van der Waals surface area contributed by atoms with Crippen LogP contribution in [0.25, 0.3) is 11.0 Å². The molecule has 3 aromatic rings. The number of hydrogen-bond acceptors (Lipinski definition) is 3. The third kappa shape index (κ3) is 3.55.